The Morgan fingerprint density at radius 2 is 1.86 bits per heavy atom. The molecule has 0 fully saturated rings. The summed E-state index contributed by atoms with van der Waals surface area (Å²) in [4.78, 5) is 25.7. The van der Waals surface area contributed by atoms with Crippen LogP contribution in [0.3, 0.4) is 0 Å². The van der Waals surface area contributed by atoms with E-state index in [4.69, 9.17) is 0 Å². The van der Waals surface area contributed by atoms with Gasteiger partial charge in [-0.3, -0.25) is 9.59 Å². The Balaban J connectivity index is 2.12. The van der Waals surface area contributed by atoms with Gasteiger partial charge in [0.05, 0.1) is 0 Å². The van der Waals surface area contributed by atoms with Crippen LogP contribution in [0.15, 0.2) is 33.9 Å². The number of allylic oxidation sites excluding steroid dienone is 6. The minimum absolute atomic E-state index is 0.0952. The lowest BCUT2D eigenvalue weighted by Crippen LogP contribution is -2.42. The summed E-state index contributed by atoms with van der Waals surface area (Å²) < 4.78 is 0. The van der Waals surface area contributed by atoms with Crippen molar-refractivity contribution in [1.29, 1.82) is 0 Å². The molecule has 2 heteroatoms. The maximum absolute atomic E-state index is 12.8. The summed E-state index contributed by atoms with van der Waals surface area (Å²) in [5.41, 5.74) is 5.12. The van der Waals surface area contributed by atoms with Crippen molar-refractivity contribution < 1.29 is 9.59 Å². The van der Waals surface area contributed by atoms with Crippen LogP contribution in [0.1, 0.15) is 60.3 Å². The highest BCUT2D eigenvalue weighted by Crippen LogP contribution is 2.56. The van der Waals surface area contributed by atoms with E-state index in [1.54, 1.807) is 6.08 Å². The zero-order valence-electron chi connectivity index (χ0n) is 14.4. The summed E-state index contributed by atoms with van der Waals surface area (Å²) in [6.45, 7) is 10.6. The zero-order valence-corrected chi connectivity index (χ0v) is 14.4. The molecule has 0 spiro atoms. The fourth-order valence-electron chi connectivity index (χ4n) is 4.73. The molecule has 2 nitrogen and oxygen atoms in total. The quantitative estimate of drug-likeness (QED) is 0.525. The van der Waals surface area contributed by atoms with Gasteiger partial charge in [0.2, 0.25) is 0 Å². The van der Waals surface area contributed by atoms with Gasteiger partial charge < -0.3 is 0 Å². The van der Waals surface area contributed by atoms with Crippen molar-refractivity contribution in [3.8, 4) is 0 Å². The van der Waals surface area contributed by atoms with E-state index in [1.807, 2.05) is 13.8 Å². The third-order valence-electron chi connectivity index (χ3n) is 6.23. The fraction of sp³-hybridized carbons (Fsp3) is 0.600. The molecule has 22 heavy (non-hydrogen) atoms. The third-order valence-corrected chi connectivity index (χ3v) is 6.23. The van der Waals surface area contributed by atoms with Crippen LogP contribution >= 0.6 is 0 Å². The van der Waals surface area contributed by atoms with Crippen molar-refractivity contribution in [2.24, 2.45) is 17.3 Å². The molecule has 0 saturated carbocycles. The van der Waals surface area contributed by atoms with E-state index >= 15 is 0 Å². The molecule has 0 aromatic rings. The minimum Gasteiger partial charge on any atom is -0.290 e. The summed E-state index contributed by atoms with van der Waals surface area (Å²) in [7, 11) is 0. The molecule has 3 aliphatic rings. The summed E-state index contributed by atoms with van der Waals surface area (Å²) in [5, 5.41) is 0. The molecule has 0 aromatic carbocycles. The number of carbonyl (C=O) groups is 2. The molecule has 0 radical (unpaired) electrons. The highest BCUT2D eigenvalue weighted by atomic mass is 16.1. The first-order chi connectivity index (χ1) is 10.3. The Morgan fingerprint density at radius 1 is 1.18 bits per heavy atom. The number of ketones is 2. The molecule has 0 aromatic heterocycles. The van der Waals surface area contributed by atoms with Gasteiger partial charge in [-0.1, -0.05) is 31.9 Å². The van der Waals surface area contributed by atoms with E-state index in [9.17, 15) is 9.59 Å². The van der Waals surface area contributed by atoms with Gasteiger partial charge in [0.25, 0.3) is 0 Å². The third kappa shape index (κ3) is 2.00. The van der Waals surface area contributed by atoms with Gasteiger partial charge in [0, 0.05) is 22.1 Å². The Kier molecular flexibility index (Phi) is 3.54. The van der Waals surface area contributed by atoms with Crippen molar-refractivity contribution in [3.63, 3.8) is 0 Å². The van der Waals surface area contributed by atoms with Crippen LogP contribution in [-0.2, 0) is 9.59 Å². The van der Waals surface area contributed by atoms with Crippen molar-refractivity contribution >= 4 is 11.6 Å². The minimum atomic E-state index is -0.150. The topological polar surface area (TPSA) is 34.1 Å². The Morgan fingerprint density at radius 3 is 2.50 bits per heavy atom. The molecular formula is C20H26O2. The summed E-state index contributed by atoms with van der Waals surface area (Å²) in [6.07, 6.45) is 5.42. The lowest BCUT2D eigenvalue weighted by molar-refractivity contribution is -0.118. The summed E-state index contributed by atoms with van der Waals surface area (Å²) in [6, 6.07) is 0. The van der Waals surface area contributed by atoms with Gasteiger partial charge in [-0.2, -0.15) is 0 Å². The number of carbonyl (C=O) groups excluding carboxylic acids is 2. The van der Waals surface area contributed by atoms with E-state index in [1.165, 1.54) is 11.1 Å². The van der Waals surface area contributed by atoms with E-state index in [2.05, 4.69) is 20.8 Å². The average molecular weight is 298 g/mol. The van der Waals surface area contributed by atoms with Crippen molar-refractivity contribution in [2.75, 3.05) is 0 Å². The molecule has 2 unspecified atom stereocenters. The highest BCUT2D eigenvalue weighted by Gasteiger charge is 2.49. The van der Waals surface area contributed by atoms with Gasteiger partial charge in [-0.05, 0) is 57.4 Å². The maximum Gasteiger partial charge on any atom is 0.185 e. The molecule has 118 valence electrons. The molecule has 3 aliphatic carbocycles. The normalized spacial score (nSPS) is 32.3. The molecule has 0 N–H and O–H groups in total. The first kappa shape index (κ1) is 15.5. The van der Waals surface area contributed by atoms with Crippen LogP contribution in [0.25, 0.3) is 0 Å². The SMILES string of the molecule is CC1=C(C)C2CCC3=C(C(=O)C=C(C(C)C)C3=O)C2(C)CC1. The molecular weight excluding hydrogens is 272 g/mol. The van der Waals surface area contributed by atoms with Crippen molar-refractivity contribution in [1.82, 2.24) is 0 Å². The number of rotatable bonds is 1. The van der Waals surface area contributed by atoms with Crippen LogP contribution in [0.4, 0.5) is 0 Å². The molecule has 0 amide bonds. The van der Waals surface area contributed by atoms with Crippen LogP contribution in [0.2, 0.25) is 0 Å². The second-order valence-corrected chi connectivity index (χ2v) is 7.77. The average Bonchev–Trinajstić information content (AvgIpc) is 2.46. The predicted molar refractivity (Wildman–Crippen MR) is 88.4 cm³/mol. The van der Waals surface area contributed by atoms with Crippen LogP contribution in [-0.4, -0.2) is 11.6 Å². The fourth-order valence-corrected chi connectivity index (χ4v) is 4.73. The van der Waals surface area contributed by atoms with E-state index in [0.717, 1.165) is 36.8 Å². The molecule has 0 saturated heterocycles. The van der Waals surface area contributed by atoms with E-state index in [-0.39, 0.29) is 22.9 Å². The predicted octanol–water partition coefficient (Wildman–Crippen LogP) is 4.56. The largest absolute Gasteiger partial charge is 0.290 e. The van der Waals surface area contributed by atoms with E-state index < -0.39 is 0 Å². The molecule has 0 heterocycles. The first-order valence-electron chi connectivity index (χ1n) is 8.48. The lowest BCUT2D eigenvalue weighted by Gasteiger charge is -2.48. The number of hydrogen-bond donors (Lipinski definition) is 0. The second kappa shape index (κ2) is 5.04. The molecule has 3 rings (SSSR count). The lowest BCUT2D eigenvalue weighted by atomic mass is 9.54. The van der Waals surface area contributed by atoms with Crippen molar-refractivity contribution in [3.05, 3.63) is 33.9 Å². The van der Waals surface area contributed by atoms with Gasteiger partial charge in [0.15, 0.2) is 11.6 Å². The molecule has 2 atom stereocenters. The van der Waals surface area contributed by atoms with Crippen molar-refractivity contribution in [2.45, 2.75) is 60.3 Å². The summed E-state index contributed by atoms with van der Waals surface area (Å²) in [5.74, 6) is 0.767. The first-order valence-corrected chi connectivity index (χ1v) is 8.48. The van der Waals surface area contributed by atoms with Gasteiger partial charge in [-0.25, -0.2) is 0 Å². The Hall–Kier alpha value is -1.44. The highest BCUT2D eigenvalue weighted by molar-refractivity contribution is 6.23. The van der Waals surface area contributed by atoms with E-state index in [0.29, 0.717) is 11.5 Å². The van der Waals surface area contributed by atoms with Gasteiger partial charge in [-0.15, -0.1) is 0 Å². The van der Waals surface area contributed by atoms with Crippen LogP contribution in [0, 0.1) is 17.3 Å². The van der Waals surface area contributed by atoms with Crippen LogP contribution < -0.4 is 0 Å². The number of hydrogen-bond acceptors (Lipinski definition) is 2. The molecule has 0 bridgehead atoms. The second-order valence-electron chi connectivity index (χ2n) is 7.77. The number of Topliss-reactive ketones (excluding diaryl/α,β-unsaturated/α-hetero) is 1. The smallest absolute Gasteiger partial charge is 0.185 e. The number of fused-ring (bicyclic) bond motifs is 2. The van der Waals surface area contributed by atoms with Crippen LogP contribution in [0.5, 0.6) is 0 Å². The molecule has 0 aliphatic heterocycles. The standard InChI is InChI=1S/C20H26O2/c1-11(2)15-10-17(21)18-14(19(15)22)6-7-16-13(4)12(3)8-9-20(16,18)5/h10-11,16H,6-9H2,1-5H3. The Bertz CT molecular complexity index is 657. The van der Waals surface area contributed by atoms with Gasteiger partial charge in [0.1, 0.15) is 0 Å². The monoisotopic (exact) mass is 298 g/mol. The zero-order chi connectivity index (χ0) is 16.2. The Labute approximate surface area is 133 Å². The summed E-state index contributed by atoms with van der Waals surface area (Å²) >= 11 is 0. The van der Waals surface area contributed by atoms with Gasteiger partial charge >= 0.3 is 0 Å². The maximum atomic E-state index is 12.8.